The molecule has 0 aliphatic heterocycles. The van der Waals surface area contributed by atoms with E-state index in [4.69, 9.17) is 20.9 Å². The fourth-order valence-corrected chi connectivity index (χ4v) is 4.76. The molecule has 1 aliphatic carbocycles. The van der Waals surface area contributed by atoms with Crippen molar-refractivity contribution in [3.63, 3.8) is 0 Å². The highest BCUT2D eigenvalue weighted by Crippen LogP contribution is 2.31. The first-order valence-electron chi connectivity index (χ1n) is 13.0. The van der Waals surface area contributed by atoms with E-state index < -0.39 is 0 Å². The molecule has 1 saturated carbocycles. The fraction of sp³-hybridized carbons (Fsp3) is 0.323. The summed E-state index contributed by atoms with van der Waals surface area (Å²) in [5.74, 6) is 0.384. The van der Waals surface area contributed by atoms with Crippen LogP contribution in [0, 0.1) is 25.7 Å². The second-order valence-corrected chi connectivity index (χ2v) is 10.0. The highest BCUT2D eigenvalue weighted by Gasteiger charge is 2.27. The van der Waals surface area contributed by atoms with Crippen molar-refractivity contribution in [3.05, 3.63) is 89.0 Å². The van der Waals surface area contributed by atoms with Crippen molar-refractivity contribution < 1.29 is 19.1 Å². The van der Waals surface area contributed by atoms with Crippen LogP contribution in [0.2, 0.25) is 0 Å². The van der Waals surface area contributed by atoms with Crippen molar-refractivity contribution in [3.8, 4) is 16.9 Å². The van der Waals surface area contributed by atoms with Gasteiger partial charge >= 0.3 is 11.9 Å². The standard InChI is InChI=1S/C31H35N3O4.ClH/c1-20-3-6-27(21(2)17-20)19-37-29(35)25-11-9-23(10-12-25)24-13-15-28(16-14-24)38-30(36)26-7-4-22(5-8-26)18-34-31(32)33;/h3,6,9-17,22,26H,4-5,7-8,18-19H2,1-2H3,(H4,32,33,34);1H. The maximum absolute atomic E-state index is 12.6. The number of halogens is 1. The molecule has 4 N–H and O–H groups in total. The summed E-state index contributed by atoms with van der Waals surface area (Å²) in [6, 6.07) is 20.8. The minimum Gasteiger partial charge on any atom is -0.457 e. The molecular weight excluding hydrogens is 514 g/mol. The molecule has 3 aromatic rings. The third-order valence-electron chi connectivity index (χ3n) is 7.10. The molecular formula is C31H36ClN3O4. The monoisotopic (exact) mass is 549 g/mol. The van der Waals surface area contributed by atoms with Gasteiger partial charge in [0.1, 0.15) is 12.4 Å². The van der Waals surface area contributed by atoms with Crippen molar-refractivity contribution >= 4 is 30.3 Å². The lowest BCUT2D eigenvalue weighted by Crippen LogP contribution is -2.28. The Kier molecular flexibility index (Phi) is 10.5. The molecule has 1 fully saturated rings. The number of aryl methyl sites for hydroxylation is 2. The zero-order valence-electron chi connectivity index (χ0n) is 22.4. The number of nitrogens with zero attached hydrogens (tertiary/aromatic N) is 1. The number of nitrogens with two attached hydrogens (primary N) is 2. The van der Waals surface area contributed by atoms with Crippen molar-refractivity contribution in [2.75, 3.05) is 6.54 Å². The molecule has 4 rings (SSSR count). The van der Waals surface area contributed by atoms with E-state index in [0.717, 1.165) is 47.9 Å². The second-order valence-electron chi connectivity index (χ2n) is 10.0. The normalized spacial score (nSPS) is 16.5. The average Bonchev–Trinajstić information content (AvgIpc) is 2.92. The van der Waals surface area contributed by atoms with E-state index in [2.05, 4.69) is 11.1 Å². The highest BCUT2D eigenvalue weighted by atomic mass is 35.5. The lowest BCUT2D eigenvalue weighted by molar-refractivity contribution is -0.140. The minimum absolute atomic E-state index is 0. The number of hydrogen-bond acceptors (Lipinski definition) is 5. The van der Waals surface area contributed by atoms with E-state index in [0.29, 0.717) is 23.8 Å². The summed E-state index contributed by atoms with van der Waals surface area (Å²) in [7, 11) is 0. The molecule has 1 aliphatic rings. The number of rotatable bonds is 8. The second kappa shape index (κ2) is 13.8. The number of aliphatic imine (C=N–C) groups is 1. The van der Waals surface area contributed by atoms with Gasteiger partial charge in [0.15, 0.2) is 5.96 Å². The first-order chi connectivity index (χ1) is 18.3. The zero-order chi connectivity index (χ0) is 27.1. The van der Waals surface area contributed by atoms with Gasteiger partial charge in [0, 0.05) is 6.54 Å². The number of guanidine groups is 1. The van der Waals surface area contributed by atoms with Crippen LogP contribution in [-0.2, 0) is 16.1 Å². The van der Waals surface area contributed by atoms with Crippen molar-refractivity contribution in [1.29, 1.82) is 0 Å². The van der Waals surface area contributed by atoms with Crippen LogP contribution in [0.5, 0.6) is 5.75 Å². The predicted octanol–water partition coefficient (Wildman–Crippen LogP) is 5.73. The SMILES string of the molecule is Cc1ccc(COC(=O)c2ccc(-c3ccc(OC(=O)C4CCC(CN=C(N)N)CC4)cc3)cc2)c(C)c1.Cl. The minimum atomic E-state index is -0.357. The lowest BCUT2D eigenvalue weighted by atomic mass is 9.82. The van der Waals surface area contributed by atoms with Gasteiger partial charge in [-0.3, -0.25) is 9.79 Å². The summed E-state index contributed by atoms with van der Waals surface area (Å²) >= 11 is 0. The fourth-order valence-electron chi connectivity index (χ4n) is 4.76. The molecule has 206 valence electrons. The zero-order valence-corrected chi connectivity index (χ0v) is 23.2. The molecule has 0 aromatic heterocycles. The Morgan fingerprint density at radius 3 is 2.08 bits per heavy atom. The number of benzene rings is 3. The molecule has 0 amide bonds. The van der Waals surface area contributed by atoms with Crippen LogP contribution in [0.4, 0.5) is 0 Å². The van der Waals surface area contributed by atoms with Crippen LogP contribution in [0.1, 0.15) is 52.7 Å². The van der Waals surface area contributed by atoms with E-state index in [9.17, 15) is 9.59 Å². The van der Waals surface area contributed by atoms with Crippen LogP contribution in [0.3, 0.4) is 0 Å². The molecule has 7 nitrogen and oxygen atoms in total. The Morgan fingerprint density at radius 1 is 0.872 bits per heavy atom. The van der Waals surface area contributed by atoms with Crippen LogP contribution < -0.4 is 16.2 Å². The molecule has 0 bridgehead atoms. The molecule has 0 heterocycles. The van der Waals surface area contributed by atoms with Crippen LogP contribution in [0.25, 0.3) is 11.1 Å². The Bertz CT molecular complexity index is 1290. The summed E-state index contributed by atoms with van der Waals surface area (Å²) in [6.07, 6.45) is 3.37. The van der Waals surface area contributed by atoms with Crippen molar-refractivity contribution in [2.24, 2.45) is 28.3 Å². The van der Waals surface area contributed by atoms with Gasteiger partial charge in [-0.15, -0.1) is 12.4 Å². The lowest BCUT2D eigenvalue weighted by Gasteiger charge is -2.26. The maximum Gasteiger partial charge on any atom is 0.338 e. The summed E-state index contributed by atoms with van der Waals surface area (Å²) in [5.41, 5.74) is 16.5. The summed E-state index contributed by atoms with van der Waals surface area (Å²) in [6.45, 7) is 4.91. The molecule has 8 heteroatoms. The van der Waals surface area contributed by atoms with Gasteiger partial charge in [-0.25, -0.2) is 4.79 Å². The van der Waals surface area contributed by atoms with Crippen molar-refractivity contribution in [1.82, 2.24) is 0 Å². The van der Waals surface area contributed by atoms with Gasteiger partial charge in [0.05, 0.1) is 11.5 Å². The molecule has 0 saturated heterocycles. The van der Waals surface area contributed by atoms with E-state index >= 15 is 0 Å². The third-order valence-corrected chi connectivity index (χ3v) is 7.10. The largest absolute Gasteiger partial charge is 0.457 e. The topological polar surface area (TPSA) is 117 Å². The maximum atomic E-state index is 12.6. The first-order valence-corrected chi connectivity index (χ1v) is 13.0. The van der Waals surface area contributed by atoms with E-state index in [1.54, 1.807) is 24.3 Å². The highest BCUT2D eigenvalue weighted by molar-refractivity contribution is 5.90. The van der Waals surface area contributed by atoms with Crippen LogP contribution >= 0.6 is 12.4 Å². The molecule has 0 spiro atoms. The molecule has 0 radical (unpaired) electrons. The number of esters is 2. The Hall–Kier alpha value is -3.84. The van der Waals surface area contributed by atoms with Gasteiger partial charge < -0.3 is 20.9 Å². The average molecular weight is 550 g/mol. The number of hydrogen-bond donors (Lipinski definition) is 2. The summed E-state index contributed by atoms with van der Waals surface area (Å²) in [4.78, 5) is 29.2. The Balaban J connectivity index is 0.00000420. The van der Waals surface area contributed by atoms with Crippen LogP contribution in [-0.4, -0.2) is 24.4 Å². The van der Waals surface area contributed by atoms with Gasteiger partial charge in [-0.05, 0) is 92.0 Å². The Morgan fingerprint density at radius 2 is 1.49 bits per heavy atom. The van der Waals surface area contributed by atoms with Gasteiger partial charge in [0.2, 0.25) is 0 Å². The predicted molar refractivity (Wildman–Crippen MR) is 156 cm³/mol. The van der Waals surface area contributed by atoms with Gasteiger partial charge in [-0.2, -0.15) is 0 Å². The first kappa shape index (κ1) is 29.7. The van der Waals surface area contributed by atoms with E-state index in [1.165, 1.54) is 5.56 Å². The van der Waals surface area contributed by atoms with Crippen molar-refractivity contribution in [2.45, 2.75) is 46.1 Å². The van der Waals surface area contributed by atoms with E-state index in [-0.39, 0.29) is 42.8 Å². The summed E-state index contributed by atoms with van der Waals surface area (Å²) in [5, 5.41) is 0. The smallest absolute Gasteiger partial charge is 0.338 e. The molecule has 3 aromatic carbocycles. The molecule has 39 heavy (non-hydrogen) atoms. The Labute approximate surface area is 236 Å². The number of ether oxygens (including phenoxy) is 2. The molecule has 0 unspecified atom stereocenters. The third kappa shape index (κ3) is 8.32. The number of carbonyl (C=O) groups excluding carboxylic acids is 2. The van der Waals surface area contributed by atoms with E-state index in [1.807, 2.05) is 50.2 Å². The quantitative estimate of drug-likeness (QED) is 0.160. The summed E-state index contributed by atoms with van der Waals surface area (Å²) < 4.78 is 11.1. The number of carbonyl (C=O) groups is 2. The molecule has 0 atom stereocenters. The van der Waals surface area contributed by atoms with Gasteiger partial charge in [-0.1, -0.05) is 48.0 Å². The van der Waals surface area contributed by atoms with Gasteiger partial charge in [0.25, 0.3) is 0 Å². The van der Waals surface area contributed by atoms with Crippen LogP contribution in [0.15, 0.2) is 71.7 Å².